The minimum absolute atomic E-state index is 0.484. The number of alkyl halides is 1. The Kier molecular flexibility index (Phi) is 5.00. The summed E-state index contributed by atoms with van der Waals surface area (Å²) < 4.78 is 12.1. The molecule has 5 heteroatoms. The maximum atomic E-state index is 6.64. The average Bonchev–Trinajstić information content (AvgIpc) is 3.01. The van der Waals surface area contributed by atoms with Crippen LogP contribution in [0.4, 0.5) is 0 Å². The molecule has 3 nitrogen and oxygen atoms in total. The molecule has 0 saturated carbocycles. The number of para-hydroxylation sites is 2. The molecule has 134 valence electrons. The fraction of sp³-hybridized carbons (Fsp3) is 0.238. The number of hydrogen-bond donors (Lipinski definition) is 0. The van der Waals surface area contributed by atoms with E-state index in [0.717, 1.165) is 45.2 Å². The molecule has 2 heterocycles. The molecule has 1 aliphatic rings. The monoisotopic (exact) mass is 385 g/mol. The molecule has 26 heavy (non-hydrogen) atoms. The van der Waals surface area contributed by atoms with E-state index >= 15 is 0 Å². The van der Waals surface area contributed by atoms with E-state index in [9.17, 15) is 0 Å². The van der Waals surface area contributed by atoms with Crippen LogP contribution in [0.15, 0.2) is 53.9 Å². The van der Waals surface area contributed by atoms with Gasteiger partial charge >= 0.3 is 0 Å². The number of benzene rings is 2. The first kappa shape index (κ1) is 17.6. The maximum Gasteiger partial charge on any atom is 0.166 e. The topological polar surface area (TPSA) is 21.7 Å². The summed E-state index contributed by atoms with van der Waals surface area (Å²) in [5, 5.41) is 2.15. The molecule has 0 fully saturated rings. The van der Waals surface area contributed by atoms with Gasteiger partial charge in [0.25, 0.3) is 0 Å². The van der Waals surface area contributed by atoms with Crippen LogP contribution in [0.5, 0.6) is 11.5 Å². The summed E-state index contributed by atoms with van der Waals surface area (Å²) in [6.07, 6.45) is 0. The van der Waals surface area contributed by atoms with Crippen molar-refractivity contribution in [1.29, 1.82) is 0 Å². The molecular formula is C21H20ClNO2S. The fourth-order valence-corrected chi connectivity index (χ4v) is 4.44. The molecule has 0 N–H and O–H groups in total. The van der Waals surface area contributed by atoms with Crippen molar-refractivity contribution in [2.45, 2.75) is 5.56 Å². The van der Waals surface area contributed by atoms with Crippen LogP contribution in [0.1, 0.15) is 10.4 Å². The number of rotatable bonds is 5. The van der Waals surface area contributed by atoms with Crippen molar-refractivity contribution < 1.29 is 9.47 Å². The van der Waals surface area contributed by atoms with E-state index in [1.807, 2.05) is 50.5 Å². The number of nitrogens with zero attached hydrogens (tertiary/aromatic N) is 1. The third-order valence-electron chi connectivity index (χ3n) is 4.38. The fourth-order valence-electron chi connectivity index (χ4n) is 3.09. The van der Waals surface area contributed by atoms with Gasteiger partial charge in [-0.15, -0.1) is 11.3 Å². The zero-order chi connectivity index (χ0) is 18.1. The Morgan fingerprint density at radius 1 is 1.00 bits per heavy atom. The summed E-state index contributed by atoms with van der Waals surface area (Å²) in [7, 11) is 4.04. The van der Waals surface area contributed by atoms with Crippen LogP contribution >= 0.6 is 22.9 Å². The van der Waals surface area contributed by atoms with Crippen molar-refractivity contribution in [2.24, 2.45) is 0 Å². The largest absolute Gasteiger partial charge is 0.456 e. The number of ether oxygens (including phenoxy) is 2. The third-order valence-corrected chi connectivity index (χ3v) is 5.88. The van der Waals surface area contributed by atoms with Crippen LogP contribution < -0.4 is 4.74 Å². The van der Waals surface area contributed by atoms with Crippen LogP contribution in [0.2, 0.25) is 0 Å². The van der Waals surface area contributed by atoms with Gasteiger partial charge in [0.15, 0.2) is 5.56 Å². The molecular weight excluding hydrogens is 366 g/mol. The first-order chi connectivity index (χ1) is 12.6. The minimum atomic E-state index is -0.484. The van der Waals surface area contributed by atoms with Gasteiger partial charge in [-0.25, -0.2) is 0 Å². The smallest absolute Gasteiger partial charge is 0.166 e. The first-order valence-corrected chi connectivity index (χ1v) is 9.85. The van der Waals surface area contributed by atoms with Gasteiger partial charge in [-0.3, -0.25) is 0 Å². The maximum absolute atomic E-state index is 6.64. The number of halogens is 1. The Balaban J connectivity index is 1.80. The van der Waals surface area contributed by atoms with Crippen molar-refractivity contribution in [3.63, 3.8) is 0 Å². The summed E-state index contributed by atoms with van der Waals surface area (Å²) in [6, 6.07) is 16.2. The Bertz CT molecular complexity index is 922. The van der Waals surface area contributed by atoms with Gasteiger partial charge in [0.05, 0.1) is 11.5 Å². The molecule has 0 spiro atoms. The highest BCUT2D eigenvalue weighted by molar-refractivity contribution is 7.11. The Morgan fingerprint density at radius 3 is 2.38 bits per heavy atom. The zero-order valence-corrected chi connectivity index (χ0v) is 16.3. The molecule has 1 atom stereocenters. The van der Waals surface area contributed by atoms with E-state index in [2.05, 4.69) is 22.4 Å². The van der Waals surface area contributed by atoms with Crippen molar-refractivity contribution in [2.75, 3.05) is 27.2 Å². The molecule has 1 unspecified atom stereocenters. The highest BCUT2D eigenvalue weighted by Crippen LogP contribution is 2.52. The van der Waals surface area contributed by atoms with E-state index < -0.39 is 5.56 Å². The number of hydrogen-bond acceptors (Lipinski definition) is 4. The lowest BCUT2D eigenvalue weighted by atomic mass is 9.97. The summed E-state index contributed by atoms with van der Waals surface area (Å²) in [5.74, 6) is 1.71. The van der Waals surface area contributed by atoms with E-state index in [1.165, 1.54) is 0 Å². The Labute approximate surface area is 162 Å². The summed E-state index contributed by atoms with van der Waals surface area (Å²) in [4.78, 5) is 3.10. The second-order valence-electron chi connectivity index (χ2n) is 6.47. The summed E-state index contributed by atoms with van der Waals surface area (Å²) in [6.45, 7) is 1.42. The Morgan fingerprint density at radius 2 is 1.65 bits per heavy atom. The van der Waals surface area contributed by atoms with Crippen LogP contribution in [-0.4, -0.2) is 32.1 Å². The van der Waals surface area contributed by atoms with E-state index in [0.29, 0.717) is 6.61 Å². The van der Waals surface area contributed by atoms with Gasteiger partial charge in [0.2, 0.25) is 0 Å². The minimum Gasteiger partial charge on any atom is -0.456 e. The van der Waals surface area contributed by atoms with Gasteiger partial charge in [-0.05, 0) is 31.6 Å². The molecule has 0 amide bonds. The highest BCUT2D eigenvalue weighted by atomic mass is 35.5. The SMILES string of the molecule is CN(C)CCOC(Cl)c1scc2c1-c1ccccc1Oc1ccccc1-2. The Hall–Kier alpha value is -1.85. The highest BCUT2D eigenvalue weighted by Gasteiger charge is 2.27. The summed E-state index contributed by atoms with van der Waals surface area (Å²) >= 11 is 8.29. The predicted molar refractivity (Wildman–Crippen MR) is 108 cm³/mol. The predicted octanol–water partition coefficient (Wildman–Crippen LogP) is 6.00. The molecule has 2 aromatic carbocycles. The lowest BCUT2D eigenvalue weighted by Crippen LogP contribution is -2.18. The van der Waals surface area contributed by atoms with Gasteiger partial charge < -0.3 is 14.4 Å². The molecule has 4 rings (SSSR count). The van der Waals surface area contributed by atoms with Crippen molar-refractivity contribution in [3.8, 4) is 33.8 Å². The summed E-state index contributed by atoms with van der Waals surface area (Å²) in [5.41, 5.74) is 3.91. The average molecular weight is 386 g/mol. The molecule has 0 radical (unpaired) electrons. The van der Waals surface area contributed by atoms with Crippen LogP contribution in [-0.2, 0) is 4.74 Å². The van der Waals surface area contributed by atoms with Crippen LogP contribution in [0.3, 0.4) is 0 Å². The van der Waals surface area contributed by atoms with Gasteiger partial charge in [-0.1, -0.05) is 48.0 Å². The molecule has 0 aliphatic carbocycles. The lowest BCUT2D eigenvalue weighted by molar-refractivity contribution is 0.0961. The van der Waals surface area contributed by atoms with E-state index in [-0.39, 0.29) is 0 Å². The van der Waals surface area contributed by atoms with Crippen molar-refractivity contribution in [1.82, 2.24) is 4.90 Å². The van der Waals surface area contributed by atoms with E-state index in [4.69, 9.17) is 21.1 Å². The van der Waals surface area contributed by atoms with Crippen LogP contribution in [0.25, 0.3) is 22.3 Å². The lowest BCUT2D eigenvalue weighted by Gasteiger charge is -2.15. The first-order valence-electron chi connectivity index (χ1n) is 8.53. The third kappa shape index (κ3) is 3.26. The van der Waals surface area contributed by atoms with Gasteiger partial charge in [-0.2, -0.15) is 0 Å². The van der Waals surface area contributed by atoms with Crippen LogP contribution in [0, 0.1) is 0 Å². The molecule has 1 aliphatic heterocycles. The number of likely N-dealkylation sites (N-methyl/N-ethyl adjacent to an activating group) is 1. The molecule has 1 aromatic heterocycles. The molecule has 3 aromatic rings. The molecule has 0 bridgehead atoms. The number of fused-ring (bicyclic) bond motifs is 5. The second-order valence-corrected chi connectivity index (χ2v) is 7.78. The van der Waals surface area contributed by atoms with Crippen molar-refractivity contribution >= 4 is 22.9 Å². The normalized spacial score (nSPS) is 13.4. The second kappa shape index (κ2) is 7.41. The standard InChI is InChI=1S/C21H20ClNO2S/c1-23(2)11-12-24-21(22)20-19-15-8-4-6-10-18(15)25-17-9-5-3-7-14(17)16(19)13-26-20/h3-10,13,21H,11-12H2,1-2H3. The number of thiophene rings is 1. The zero-order valence-electron chi connectivity index (χ0n) is 14.7. The molecule has 0 saturated heterocycles. The van der Waals surface area contributed by atoms with E-state index in [1.54, 1.807) is 11.3 Å². The quantitative estimate of drug-likeness (QED) is 0.393. The van der Waals surface area contributed by atoms with Gasteiger partial charge in [0, 0.05) is 28.8 Å². The van der Waals surface area contributed by atoms with Crippen molar-refractivity contribution in [3.05, 3.63) is 58.8 Å². The van der Waals surface area contributed by atoms with Gasteiger partial charge in [0.1, 0.15) is 11.5 Å².